The van der Waals surface area contributed by atoms with Gasteiger partial charge in [0.25, 0.3) is 0 Å². The Balaban J connectivity index is 2.45. The Morgan fingerprint density at radius 1 is 1.50 bits per heavy atom. The number of rotatable bonds is 2. The molecule has 0 radical (unpaired) electrons. The number of hydrogen-bond donors (Lipinski definition) is 1. The number of likely N-dealkylation sites (N-methyl/N-ethyl adjacent to an activating group) is 1. The Bertz CT molecular complexity index is 333. The van der Waals surface area contributed by atoms with Crippen LogP contribution in [0.15, 0.2) is 18.2 Å². The van der Waals surface area contributed by atoms with Gasteiger partial charge >= 0.3 is 0 Å². The van der Waals surface area contributed by atoms with E-state index in [0.29, 0.717) is 12.6 Å². The third-order valence-corrected chi connectivity index (χ3v) is 3.15. The first-order valence-electron chi connectivity index (χ1n) is 5.35. The van der Waals surface area contributed by atoms with Crippen molar-refractivity contribution in [2.24, 2.45) is 5.73 Å². The van der Waals surface area contributed by atoms with E-state index in [1.165, 1.54) is 16.8 Å². The fourth-order valence-electron chi connectivity index (χ4n) is 2.44. The van der Waals surface area contributed by atoms with Gasteiger partial charge in [0.1, 0.15) is 0 Å². The monoisotopic (exact) mass is 190 g/mol. The molecule has 0 aromatic heterocycles. The average Bonchev–Trinajstić information content (AvgIpc) is 2.52. The first-order chi connectivity index (χ1) is 6.77. The van der Waals surface area contributed by atoms with Gasteiger partial charge in [-0.2, -0.15) is 0 Å². The van der Waals surface area contributed by atoms with Crippen molar-refractivity contribution in [1.29, 1.82) is 0 Å². The van der Waals surface area contributed by atoms with Crippen molar-refractivity contribution < 1.29 is 0 Å². The Kier molecular flexibility index (Phi) is 2.46. The van der Waals surface area contributed by atoms with Gasteiger partial charge in [-0.05, 0) is 37.5 Å². The zero-order valence-corrected chi connectivity index (χ0v) is 8.96. The molecular formula is C12H18N2. The van der Waals surface area contributed by atoms with Crippen LogP contribution >= 0.6 is 0 Å². The Labute approximate surface area is 85.7 Å². The molecule has 1 unspecified atom stereocenters. The molecule has 1 atom stereocenters. The number of anilines is 1. The first-order valence-corrected chi connectivity index (χ1v) is 5.35. The molecule has 1 aromatic carbocycles. The van der Waals surface area contributed by atoms with Crippen LogP contribution in [0.1, 0.15) is 25.0 Å². The molecule has 2 N–H and O–H groups in total. The molecule has 14 heavy (non-hydrogen) atoms. The Morgan fingerprint density at radius 2 is 2.29 bits per heavy atom. The lowest BCUT2D eigenvalue weighted by Crippen LogP contribution is -2.28. The number of hydrogen-bond acceptors (Lipinski definition) is 2. The van der Waals surface area contributed by atoms with E-state index in [4.69, 9.17) is 5.73 Å². The maximum absolute atomic E-state index is 5.74. The van der Waals surface area contributed by atoms with Gasteiger partial charge in [0.15, 0.2) is 0 Å². The molecule has 76 valence electrons. The van der Waals surface area contributed by atoms with Crippen LogP contribution in [0.4, 0.5) is 5.69 Å². The predicted octanol–water partition coefficient (Wildman–Crippen LogP) is 1.92. The summed E-state index contributed by atoms with van der Waals surface area (Å²) in [6.45, 7) is 6.24. The third-order valence-electron chi connectivity index (χ3n) is 3.15. The molecule has 1 heterocycles. The van der Waals surface area contributed by atoms with E-state index >= 15 is 0 Å². The topological polar surface area (TPSA) is 29.3 Å². The maximum atomic E-state index is 5.74. The first kappa shape index (κ1) is 9.53. The van der Waals surface area contributed by atoms with Crippen LogP contribution in [-0.4, -0.2) is 12.6 Å². The minimum atomic E-state index is 0.627. The molecule has 2 heteroatoms. The second-order valence-corrected chi connectivity index (χ2v) is 3.96. The van der Waals surface area contributed by atoms with E-state index in [-0.39, 0.29) is 0 Å². The van der Waals surface area contributed by atoms with E-state index in [2.05, 4.69) is 36.9 Å². The number of nitrogens with two attached hydrogens (primary N) is 1. The van der Waals surface area contributed by atoms with Crippen molar-refractivity contribution in [3.63, 3.8) is 0 Å². The second kappa shape index (κ2) is 3.62. The van der Waals surface area contributed by atoms with E-state index in [0.717, 1.165) is 13.0 Å². The highest BCUT2D eigenvalue weighted by molar-refractivity contribution is 5.62. The van der Waals surface area contributed by atoms with Crippen LogP contribution in [-0.2, 0) is 13.0 Å². The smallest absolute Gasteiger partial charge is 0.0405 e. The molecule has 0 fully saturated rings. The minimum Gasteiger partial charge on any atom is -0.369 e. The van der Waals surface area contributed by atoms with Gasteiger partial charge in [-0.25, -0.2) is 0 Å². The predicted molar refractivity (Wildman–Crippen MR) is 60.5 cm³/mol. The zero-order chi connectivity index (χ0) is 10.1. The fourth-order valence-corrected chi connectivity index (χ4v) is 2.44. The standard InChI is InChI=1S/C12H18N2/c1-3-14-9(2)7-11-10(8-13)5-4-6-12(11)14/h4-6,9H,3,7-8,13H2,1-2H3. The van der Waals surface area contributed by atoms with Crippen molar-refractivity contribution in [1.82, 2.24) is 0 Å². The Morgan fingerprint density at radius 3 is 2.93 bits per heavy atom. The van der Waals surface area contributed by atoms with Crippen molar-refractivity contribution >= 4 is 5.69 Å². The van der Waals surface area contributed by atoms with E-state index in [1.54, 1.807) is 0 Å². The lowest BCUT2D eigenvalue weighted by molar-refractivity contribution is 0.689. The summed E-state index contributed by atoms with van der Waals surface area (Å²) >= 11 is 0. The summed E-state index contributed by atoms with van der Waals surface area (Å²) in [6, 6.07) is 7.09. The van der Waals surface area contributed by atoms with Crippen molar-refractivity contribution in [2.45, 2.75) is 32.9 Å². The fraction of sp³-hybridized carbons (Fsp3) is 0.500. The zero-order valence-electron chi connectivity index (χ0n) is 8.96. The van der Waals surface area contributed by atoms with Gasteiger partial charge in [-0.15, -0.1) is 0 Å². The van der Waals surface area contributed by atoms with Gasteiger partial charge in [-0.3, -0.25) is 0 Å². The van der Waals surface area contributed by atoms with E-state index in [1.807, 2.05) is 0 Å². The third kappa shape index (κ3) is 1.30. The summed E-state index contributed by atoms with van der Waals surface area (Å²) in [5.41, 5.74) is 9.90. The van der Waals surface area contributed by atoms with Gasteiger partial charge < -0.3 is 10.6 Å². The van der Waals surface area contributed by atoms with E-state index in [9.17, 15) is 0 Å². The van der Waals surface area contributed by atoms with Crippen LogP contribution in [0.3, 0.4) is 0 Å². The normalized spacial score (nSPS) is 19.9. The van der Waals surface area contributed by atoms with Gasteiger partial charge in [0.05, 0.1) is 0 Å². The van der Waals surface area contributed by atoms with Crippen LogP contribution in [0.25, 0.3) is 0 Å². The van der Waals surface area contributed by atoms with Crippen molar-refractivity contribution in [2.75, 3.05) is 11.4 Å². The molecular weight excluding hydrogens is 172 g/mol. The molecule has 1 aliphatic heterocycles. The Hall–Kier alpha value is -1.02. The van der Waals surface area contributed by atoms with Crippen LogP contribution < -0.4 is 10.6 Å². The number of benzene rings is 1. The largest absolute Gasteiger partial charge is 0.369 e. The SMILES string of the molecule is CCN1c2cccc(CN)c2CC1C. The summed E-state index contributed by atoms with van der Waals surface area (Å²) in [7, 11) is 0. The highest BCUT2D eigenvalue weighted by Crippen LogP contribution is 2.33. The van der Waals surface area contributed by atoms with Gasteiger partial charge in [0.2, 0.25) is 0 Å². The van der Waals surface area contributed by atoms with Crippen molar-refractivity contribution in [3.8, 4) is 0 Å². The minimum absolute atomic E-state index is 0.627. The van der Waals surface area contributed by atoms with Gasteiger partial charge in [0, 0.05) is 24.8 Å². The van der Waals surface area contributed by atoms with Crippen LogP contribution in [0, 0.1) is 0 Å². The molecule has 0 saturated carbocycles. The highest BCUT2D eigenvalue weighted by Gasteiger charge is 2.25. The number of fused-ring (bicyclic) bond motifs is 1. The quantitative estimate of drug-likeness (QED) is 0.772. The molecule has 0 amide bonds. The summed E-state index contributed by atoms with van der Waals surface area (Å²) in [4.78, 5) is 2.45. The molecule has 2 rings (SSSR count). The molecule has 0 saturated heterocycles. The maximum Gasteiger partial charge on any atom is 0.0405 e. The summed E-state index contributed by atoms with van der Waals surface area (Å²) in [6.07, 6.45) is 1.15. The van der Waals surface area contributed by atoms with E-state index < -0.39 is 0 Å². The second-order valence-electron chi connectivity index (χ2n) is 3.96. The lowest BCUT2D eigenvalue weighted by atomic mass is 10.0. The van der Waals surface area contributed by atoms with Crippen molar-refractivity contribution in [3.05, 3.63) is 29.3 Å². The molecule has 0 aliphatic carbocycles. The van der Waals surface area contributed by atoms with Crippen LogP contribution in [0.5, 0.6) is 0 Å². The molecule has 0 spiro atoms. The summed E-state index contributed by atoms with van der Waals surface area (Å²) < 4.78 is 0. The summed E-state index contributed by atoms with van der Waals surface area (Å²) in [5.74, 6) is 0. The molecule has 1 aromatic rings. The molecule has 2 nitrogen and oxygen atoms in total. The van der Waals surface area contributed by atoms with Gasteiger partial charge in [-0.1, -0.05) is 12.1 Å². The number of nitrogens with zero attached hydrogens (tertiary/aromatic N) is 1. The lowest BCUT2D eigenvalue weighted by Gasteiger charge is -2.22. The molecule has 1 aliphatic rings. The highest BCUT2D eigenvalue weighted by atomic mass is 15.2. The average molecular weight is 190 g/mol. The van der Waals surface area contributed by atoms with Crippen LogP contribution in [0.2, 0.25) is 0 Å². The summed E-state index contributed by atoms with van der Waals surface area (Å²) in [5, 5.41) is 0. The molecule has 0 bridgehead atoms.